The van der Waals surface area contributed by atoms with Gasteiger partial charge in [-0.05, 0) is 31.0 Å². The number of nitrogens with one attached hydrogen (secondary N) is 1. The number of aryl methyl sites for hydroxylation is 1. The highest BCUT2D eigenvalue weighted by molar-refractivity contribution is 5.76. The molecule has 110 valence electrons. The Hall–Kier alpha value is -1.46. The van der Waals surface area contributed by atoms with Gasteiger partial charge in [-0.1, -0.05) is 12.1 Å². The van der Waals surface area contributed by atoms with Crippen molar-refractivity contribution in [2.75, 3.05) is 19.8 Å². The molecule has 1 aliphatic heterocycles. The number of rotatable bonds is 6. The molecule has 1 amide bonds. The first-order valence-electron chi connectivity index (χ1n) is 6.86. The molecule has 5 heteroatoms. The average Bonchev–Trinajstić information content (AvgIpc) is 2.85. The van der Waals surface area contributed by atoms with E-state index in [-0.39, 0.29) is 11.7 Å². The summed E-state index contributed by atoms with van der Waals surface area (Å²) in [6, 6.07) is 6.21. The number of halogens is 1. The summed E-state index contributed by atoms with van der Waals surface area (Å²) in [6.45, 7) is 3.62. The molecule has 1 heterocycles. The highest BCUT2D eigenvalue weighted by Gasteiger charge is 2.30. The molecule has 1 aromatic rings. The number of carbonyl (C=O) groups excluding carboxylic acids is 1. The van der Waals surface area contributed by atoms with Crippen LogP contribution in [0, 0.1) is 5.82 Å². The van der Waals surface area contributed by atoms with E-state index in [1.807, 2.05) is 6.92 Å². The molecule has 20 heavy (non-hydrogen) atoms. The number of carbonyl (C=O) groups is 1. The van der Waals surface area contributed by atoms with Crippen LogP contribution in [0.4, 0.5) is 4.39 Å². The van der Waals surface area contributed by atoms with Gasteiger partial charge in [-0.15, -0.1) is 0 Å². The summed E-state index contributed by atoms with van der Waals surface area (Å²) >= 11 is 0. The Balaban J connectivity index is 1.64. The fourth-order valence-electron chi connectivity index (χ4n) is 2.13. The van der Waals surface area contributed by atoms with Gasteiger partial charge in [0.1, 0.15) is 5.82 Å². The van der Waals surface area contributed by atoms with Crippen molar-refractivity contribution in [2.24, 2.45) is 0 Å². The van der Waals surface area contributed by atoms with Crippen molar-refractivity contribution in [2.45, 2.75) is 32.0 Å². The highest BCUT2D eigenvalue weighted by atomic mass is 19.1. The van der Waals surface area contributed by atoms with E-state index in [1.165, 1.54) is 12.1 Å². The molecule has 1 fully saturated rings. The van der Waals surface area contributed by atoms with E-state index in [1.54, 1.807) is 12.1 Å². The minimum atomic E-state index is -0.565. The molecule has 2 rings (SSSR count). The quantitative estimate of drug-likeness (QED) is 0.868. The third-order valence-corrected chi connectivity index (χ3v) is 3.35. The first-order chi connectivity index (χ1) is 9.57. The molecule has 4 nitrogen and oxygen atoms in total. The number of hydrogen-bond acceptors (Lipinski definition) is 3. The van der Waals surface area contributed by atoms with Crippen LogP contribution in [0.25, 0.3) is 0 Å². The van der Waals surface area contributed by atoms with Gasteiger partial charge in [-0.25, -0.2) is 4.39 Å². The maximum absolute atomic E-state index is 12.7. The third kappa shape index (κ3) is 4.58. The summed E-state index contributed by atoms with van der Waals surface area (Å²) < 4.78 is 23.6. The first kappa shape index (κ1) is 14.9. The van der Waals surface area contributed by atoms with Crippen LogP contribution in [-0.2, 0) is 20.7 Å². The molecule has 0 unspecified atom stereocenters. The Morgan fingerprint density at radius 2 is 1.95 bits per heavy atom. The van der Waals surface area contributed by atoms with E-state index >= 15 is 0 Å². The monoisotopic (exact) mass is 281 g/mol. The van der Waals surface area contributed by atoms with Gasteiger partial charge in [0.05, 0.1) is 13.2 Å². The molecule has 1 aliphatic rings. The summed E-state index contributed by atoms with van der Waals surface area (Å²) in [4.78, 5) is 11.7. The lowest BCUT2D eigenvalue weighted by atomic mass is 10.1. The van der Waals surface area contributed by atoms with Crippen LogP contribution in [0.3, 0.4) is 0 Å². The summed E-state index contributed by atoms with van der Waals surface area (Å²) in [7, 11) is 0. The molecule has 1 aromatic carbocycles. The van der Waals surface area contributed by atoms with Crippen molar-refractivity contribution >= 4 is 5.91 Å². The molecule has 0 spiro atoms. The van der Waals surface area contributed by atoms with E-state index in [0.29, 0.717) is 39.0 Å². The normalized spacial score (nSPS) is 17.1. The van der Waals surface area contributed by atoms with Gasteiger partial charge >= 0.3 is 0 Å². The van der Waals surface area contributed by atoms with Crippen molar-refractivity contribution in [1.82, 2.24) is 5.32 Å². The molecule has 0 aromatic heterocycles. The summed E-state index contributed by atoms with van der Waals surface area (Å²) in [5, 5.41) is 2.84. The lowest BCUT2D eigenvalue weighted by molar-refractivity contribution is -0.146. The van der Waals surface area contributed by atoms with Crippen LogP contribution in [0.5, 0.6) is 0 Å². The molecule has 1 N–H and O–H groups in total. The standard InChI is InChI=1S/C15H20FNO3/c1-15(19-10-11-20-15)8-9-17-14(18)7-4-12-2-5-13(16)6-3-12/h2-3,5-6H,4,7-11H2,1H3,(H,17,18). The van der Waals surface area contributed by atoms with Crippen molar-refractivity contribution < 1.29 is 18.7 Å². The highest BCUT2D eigenvalue weighted by Crippen LogP contribution is 2.21. The summed E-state index contributed by atoms with van der Waals surface area (Å²) in [5.41, 5.74) is 0.955. The molecule has 0 saturated carbocycles. The smallest absolute Gasteiger partial charge is 0.220 e. The van der Waals surface area contributed by atoms with Gasteiger partial charge in [0, 0.05) is 19.4 Å². The second-order valence-corrected chi connectivity index (χ2v) is 5.06. The summed E-state index contributed by atoms with van der Waals surface area (Å²) in [5.74, 6) is -0.844. The second-order valence-electron chi connectivity index (χ2n) is 5.06. The number of ether oxygens (including phenoxy) is 2. The van der Waals surface area contributed by atoms with Crippen LogP contribution >= 0.6 is 0 Å². The third-order valence-electron chi connectivity index (χ3n) is 3.35. The molecule has 1 saturated heterocycles. The first-order valence-corrected chi connectivity index (χ1v) is 6.86. The van der Waals surface area contributed by atoms with Crippen LogP contribution in [0.2, 0.25) is 0 Å². The van der Waals surface area contributed by atoms with Crippen molar-refractivity contribution in [3.63, 3.8) is 0 Å². The molecule has 0 aliphatic carbocycles. The molecule has 0 radical (unpaired) electrons. The SMILES string of the molecule is CC1(CCNC(=O)CCc2ccc(F)cc2)OCCO1. The molecular formula is C15H20FNO3. The number of amides is 1. The maximum atomic E-state index is 12.7. The Labute approximate surface area is 118 Å². The predicted octanol–water partition coefficient (Wildman–Crippen LogP) is 2.03. The Bertz CT molecular complexity index is 441. The van der Waals surface area contributed by atoms with Crippen LogP contribution in [-0.4, -0.2) is 31.5 Å². The van der Waals surface area contributed by atoms with E-state index in [4.69, 9.17) is 9.47 Å². The largest absolute Gasteiger partial charge is 0.356 e. The van der Waals surface area contributed by atoms with Gasteiger partial charge in [-0.3, -0.25) is 4.79 Å². The second kappa shape index (κ2) is 6.81. The maximum Gasteiger partial charge on any atom is 0.220 e. The van der Waals surface area contributed by atoms with Gasteiger partial charge in [-0.2, -0.15) is 0 Å². The molecule has 0 bridgehead atoms. The lowest BCUT2D eigenvalue weighted by Crippen LogP contribution is -2.33. The fraction of sp³-hybridized carbons (Fsp3) is 0.533. The van der Waals surface area contributed by atoms with E-state index in [2.05, 4.69) is 5.32 Å². The van der Waals surface area contributed by atoms with Crippen LogP contribution < -0.4 is 5.32 Å². The minimum Gasteiger partial charge on any atom is -0.356 e. The van der Waals surface area contributed by atoms with Gasteiger partial charge in [0.2, 0.25) is 5.91 Å². The van der Waals surface area contributed by atoms with Crippen LogP contribution in [0.15, 0.2) is 24.3 Å². The topological polar surface area (TPSA) is 47.6 Å². The zero-order chi connectivity index (χ0) is 14.4. The van der Waals surface area contributed by atoms with Gasteiger partial charge in [0.25, 0.3) is 0 Å². The minimum absolute atomic E-state index is 0.0177. The zero-order valence-corrected chi connectivity index (χ0v) is 11.7. The predicted molar refractivity (Wildman–Crippen MR) is 72.7 cm³/mol. The van der Waals surface area contributed by atoms with E-state index in [9.17, 15) is 9.18 Å². The van der Waals surface area contributed by atoms with Crippen molar-refractivity contribution in [3.8, 4) is 0 Å². The van der Waals surface area contributed by atoms with E-state index < -0.39 is 5.79 Å². The fourth-order valence-corrected chi connectivity index (χ4v) is 2.13. The van der Waals surface area contributed by atoms with Gasteiger partial charge in [0.15, 0.2) is 5.79 Å². The Kier molecular flexibility index (Phi) is 5.09. The number of benzene rings is 1. The van der Waals surface area contributed by atoms with Crippen LogP contribution in [0.1, 0.15) is 25.3 Å². The molecule has 0 atom stereocenters. The Morgan fingerprint density at radius 3 is 2.60 bits per heavy atom. The van der Waals surface area contributed by atoms with Crippen molar-refractivity contribution in [3.05, 3.63) is 35.6 Å². The molecular weight excluding hydrogens is 261 g/mol. The Morgan fingerprint density at radius 1 is 1.30 bits per heavy atom. The number of hydrogen-bond donors (Lipinski definition) is 1. The summed E-state index contributed by atoms with van der Waals surface area (Å²) in [6.07, 6.45) is 1.63. The van der Waals surface area contributed by atoms with Gasteiger partial charge < -0.3 is 14.8 Å². The zero-order valence-electron chi connectivity index (χ0n) is 11.7. The average molecular weight is 281 g/mol. The van der Waals surface area contributed by atoms with Crippen molar-refractivity contribution in [1.29, 1.82) is 0 Å². The van der Waals surface area contributed by atoms with E-state index in [0.717, 1.165) is 5.56 Å². The lowest BCUT2D eigenvalue weighted by Gasteiger charge is -2.22.